The monoisotopic (exact) mass is 414 g/mol. The van der Waals surface area contributed by atoms with Crippen molar-refractivity contribution in [2.75, 3.05) is 12.4 Å². The van der Waals surface area contributed by atoms with Gasteiger partial charge in [-0.15, -0.1) is 11.6 Å². The third kappa shape index (κ3) is 3.43. The Morgan fingerprint density at radius 2 is 1.71 bits per heavy atom. The van der Waals surface area contributed by atoms with E-state index in [9.17, 15) is 9.59 Å². The molecule has 2 aliphatic rings. The number of nitrogens with two attached hydrogens (primary N) is 1. The summed E-state index contributed by atoms with van der Waals surface area (Å²) in [6.45, 7) is 0.319. The average molecular weight is 415 g/mol. The number of carbonyl (C=O) groups excluding carboxylic acids is 2. The molecule has 1 fully saturated rings. The lowest BCUT2D eigenvalue weighted by Gasteiger charge is -2.48. The first-order valence-corrected chi connectivity index (χ1v) is 10.3. The molecule has 7 heteroatoms. The second-order valence-corrected chi connectivity index (χ2v) is 8.07. The number of ether oxygens (including phenoxy) is 1. The van der Waals surface area contributed by atoms with Crippen LogP contribution in [-0.2, 0) is 14.3 Å². The fourth-order valence-corrected chi connectivity index (χ4v) is 4.93. The molecule has 2 N–H and O–H groups in total. The molecular weight excluding hydrogens is 396 g/mol. The van der Waals surface area contributed by atoms with Crippen LogP contribution in [0.15, 0.2) is 71.1 Å². The van der Waals surface area contributed by atoms with E-state index in [-0.39, 0.29) is 17.2 Å². The summed E-state index contributed by atoms with van der Waals surface area (Å²) >= 11 is 7.33. The molecule has 0 aliphatic carbocycles. The molecule has 1 amide bonds. The Hall–Kier alpha value is -2.28. The third-order valence-corrected chi connectivity index (χ3v) is 6.68. The second kappa shape index (κ2) is 7.99. The number of esters is 1. The first kappa shape index (κ1) is 19.1. The van der Waals surface area contributed by atoms with Crippen LogP contribution < -0.4 is 5.73 Å². The van der Waals surface area contributed by atoms with Crippen molar-refractivity contribution >= 4 is 35.2 Å². The molecule has 2 atom stereocenters. The Kier molecular flexibility index (Phi) is 5.44. The van der Waals surface area contributed by atoms with Crippen LogP contribution in [0.5, 0.6) is 0 Å². The van der Waals surface area contributed by atoms with E-state index in [0.717, 1.165) is 11.1 Å². The van der Waals surface area contributed by atoms with Gasteiger partial charge in [-0.3, -0.25) is 4.79 Å². The highest BCUT2D eigenvalue weighted by atomic mass is 35.5. The maximum atomic E-state index is 13.1. The highest BCUT2D eigenvalue weighted by molar-refractivity contribution is 8.04. The van der Waals surface area contributed by atoms with E-state index in [4.69, 9.17) is 22.1 Å². The van der Waals surface area contributed by atoms with Gasteiger partial charge in [0.05, 0.1) is 4.91 Å². The minimum Gasteiger partial charge on any atom is -0.449 e. The molecule has 144 valence electrons. The normalized spacial score (nSPS) is 21.4. The van der Waals surface area contributed by atoms with Gasteiger partial charge in [-0.25, -0.2) is 4.79 Å². The van der Waals surface area contributed by atoms with Gasteiger partial charge in [0.1, 0.15) is 11.4 Å². The molecule has 2 aromatic carbocycles. The minimum atomic E-state index is -0.594. The number of halogens is 1. The Labute approximate surface area is 172 Å². The minimum absolute atomic E-state index is 0.112. The van der Waals surface area contributed by atoms with Gasteiger partial charge < -0.3 is 15.4 Å². The number of benzene rings is 2. The van der Waals surface area contributed by atoms with E-state index in [2.05, 4.69) is 0 Å². The molecule has 4 rings (SSSR count). The van der Waals surface area contributed by atoms with E-state index < -0.39 is 18.1 Å². The van der Waals surface area contributed by atoms with Crippen LogP contribution in [0.2, 0.25) is 0 Å². The molecular formula is C21H19ClN2O3S. The zero-order chi connectivity index (χ0) is 19.7. The van der Waals surface area contributed by atoms with Crippen molar-refractivity contribution in [1.29, 1.82) is 0 Å². The van der Waals surface area contributed by atoms with Crippen molar-refractivity contribution in [2.24, 2.45) is 5.73 Å². The number of nitrogens with zero attached hydrogens (tertiary/aromatic N) is 1. The molecule has 0 radical (unpaired) electrons. The van der Waals surface area contributed by atoms with Crippen molar-refractivity contribution in [3.8, 4) is 0 Å². The Morgan fingerprint density at radius 3 is 2.25 bits per heavy atom. The van der Waals surface area contributed by atoms with E-state index >= 15 is 0 Å². The average Bonchev–Trinajstić information content (AvgIpc) is 2.76. The van der Waals surface area contributed by atoms with Crippen LogP contribution in [0.4, 0.5) is 0 Å². The first-order chi connectivity index (χ1) is 13.6. The standard InChI is InChI=1S/C21H19ClN2O3S/c22-11-15-12-24-19(25)16(23)20(24)28-18(15)21(26)27-17(13-7-3-1-4-8-13)14-9-5-2-6-10-14/h1-10,16-17,20H,11-12,23H2/t16?,20-/m0/s1. The van der Waals surface area contributed by atoms with Crippen LogP contribution in [0, 0.1) is 0 Å². The van der Waals surface area contributed by atoms with Gasteiger partial charge in [0.2, 0.25) is 5.91 Å². The molecule has 28 heavy (non-hydrogen) atoms. The summed E-state index contributed by atoms with van der Waals surface area (Å²) in [6.07, 6.45) is -0.533. The number of fused-ring (bicyclic) bond motifs is 1. The van der Waals surface area contributed by atoms with Crippen molar-refractivity contribution in [2.45, 2.75) is 17.5 Å². The van der Waals surface area contributed by atoms with Crippen molar-refractivity contribution in [3.63, 3.8) is 0 Å². The molecule has 0 saturated carbocycles. The van der Waals surface area contributed by atoms with E-state index in [1.165, 1.54) is 11.8 Å². The molecule has 2 aromatic rings. The zero-order valence-corrected chi connectivity index (χ0v) is 16.5. The molecule has 5 nitrogen and oxygen atoms in total. The summed E-state index contributed by atoms with van der Waals surface area (Å²) in [6, 6.07) is 18.6. The van der Waals surface area contributed by atoms with Gasteiger partial charge in [-0.1, -0.05) is 72.4 Å². The molecule has 1 unspecified atom stereocenters. The first-order valence-electron chi connectivity index (χ1n) is 8.91. The van der Waals surface area contributed by atoms with E-state index in [0.29, 0.717) is 17.0 Å². The molecule has 2 aliphatic heterocycles. The highest BCUT2D eigenvalue weighted by Crippen LogP contribution is 2.42. The number of alkyl halides is 1. The van der Waals surface area contributed by atoms with Crippen LogP contribution in [0.1, 0.15) is 17.2 Å². The Balaban J connectivity index is 1.62. The fourth-order valence-electron chi connectivity index (χ4n) is 3.38. The molecule has 1 saturated heterocycles. The van der Waals surface area contributed by atoms with Crippen LogP contribution >= 0.6 is 23.4 Å². The SMILES string of the molecule is NC1C(=O)N2CC(CCl)=C(C(=O)OC(c3ccccc3)c3ccccc3)S[C@@H]12. The highest BCUT2D eigenvalue weighted by Gasteiger charge is 2.49. The summed E-state index contributed by atoms with van der Waals surface area (Å²) in [7, 11) is 0. The van der Waals surface area contributed by atoms with Gasteiger partial charge in [0, 0.05) is 12.4 Å². The number of hydrogen-bond donors (Lipinski definition) is 1. The quantitative estimate of drug-likeness (QED) is 0.462. The summed E-state index contributed by atoms with van der Waals surface area (Å²) < 4.78 is 5.94. The predicted octanol–water partition coefficient (Wildman–Crippen LogP) is 3.05. The van der Waals surface area contributed by atoms with Gasteiger partial charge in [0.15, 0.2) is 6.10 Å². The van der Waals surface area contributed by atoms with Crippen molar-refractivity contribution in [1.82, 2.24) is 4.90 Å². The summed E-state index contributed by atoms with van der Waals surface area (Å²) in [4.78, 5) is 27.1. The largest absolute Gasteiger partial charge is 0.449 e. The smallest absolute Gasteiger partial charge is 0.345 e. The lowest BCUT2D eigenvalue weighted by molar-refractivity contribution is -0.145. The third-order valence-electron chi connectivity index (χ3n) is 4.88. The Bertz CT molecular complexity index is 880. The van der Waals surface area contributed by atoms with Gasteiger partial charge >= 0.3 is 5.97 Å². The lowest BCUT2D eigenvalue weighted by Crippen LogP contribution is -2.68. The zero-order valence-electron chi connectivity index (χ0n) is 15.0. The van der Waals surface area contributed by atoms with E-state index in [1.54, 1.807) is 4.90 Å². The fraction of sp³-hybridized carbons (Fsp3) is 0.238. The van der Waals surface area contributed by atoms with Crippen LogP contribution in [0.3, 0.4) is 0 Å². The van der Waals surface area contributed by atoms with E-state index in [1.807, 2.05) is 60.7 Å². The van der Waals surface area contributed by atoms with Crippen LogP contribution in [0.25, 0.3) is 0 Å². The number of amides is 1. The molecule has 0 aromatic heterocycles. The predicted molar refractivity (Wildman–Crippen MR) is 110 cm³/mol. The number of thioether (sulfide) groups is 1. The summed E-state index contributed by atoms with van der Waals surface area (Å²) in [5.74, 6) is -0.395. The molecule has 0 spiro atoms. The maximum Gasteiger partial charge on any atom is 0.345 e. The van der Waals surface area contributed by atoms with Crippen LogP contribution in [-0.4, -0.2) is 40.6 Å². The van der Waals surface area contributed by atoms with Crippen molar-refractivity contribution < 1.29 is 14.3 Å². The van der Waals surface area contributed by atoms with Crippen molar-refractivity contribution in [3.05, 3.63) is 82.3 Å². The Morgan fingerprint density at radius 1 is 1.14 bits per heavy atom. The lowest BCUT2D eigenvalue weighted by atomic mass is 10.0. The summed E-state index contributed by atoms with van der Waals surface area (Å²) in [5.41, 5.74) is 8.34. The van der Waals surface area contributed by atoms with Gasteiger partial charge in [-0.05, 0) is 16.7 Å². The molecule has 0 bridgehead atoms. The number of hydrogen-bond acceptors (Lipinski definition) is 5. The topological polar surface area (TPSA) is 72.6 Å². The number of carbonyl (C=O) groups is 2. The van der Waals surface area contributed by atoms with Gasteiger partial charge in [0.25, 0.3) is 0 Å². The second-order valence-electron chi connectivity index (χ2n) is 6.67. The maximum absolute atomic E-state index is 13.1. The number of β-lactam (4-membered cyclic amide) rings is 1. The molecule has 2 heterocycles. The number of rotatable bonds is 5. The van der Waals surface area contributed by atoms with Gasteiger partial charge in [-0.2, -0.15) is 0 Å². The summed E-state index contributed by atoms with van der Waals surface area (Å²) in [5, 5.41) is -0.242.